The summed E-state index contributed by atoms with van der Waals surface area (Å²) in [5, 5.41) is 19.9. The van der Waals surface area contributed by atoms with Crippen molar-refractivity contribution < 1.29 is 14.4 Å². The zero-order valence-corrected chi connectivity index (χ0v) is 11.5. The number of carbonyl (C=O) groups excluding carboxylic acids is 1. The fourth-order valence-electron chi connectivity index (χ4n) is 1.49. The Morgan fingerprint density at radius 1 is 1.50 bits per heavy atom. The first-order valence-corrected chi connectivity index (χ1v) is 6.10. The number of aromatic amines is 1. The van der Waals surface area contributed by atoms with Crippen LogP contribution in [0, 0.1) is 5.82 Å². The van der Waals surface area contributed by atoms with Gasteiger partial charge >= 0.3 is 0 Å². The summed E-state index contributed by atoms with van der Waals surface area (Å²) < 4.78 is 14.0. The van der Waals surface area contributed by atoms with Crippen LogP contribution in [0.2, 0.25) is 0 Å². The summed E-state index contributed by atoms with van der Waals surface area (Å²) in [6.07, 6.45) is 1.27. The Labute approximate surface area is 120 Å². The van der Waals surface area contributed by atoms with Crippen LogP contribution in [0.1, 0.15) is 15.9 Å². The summed E-state index contributed by atoms with van der Waals surface area (Å²) in [5.41, 5.74) is 5.45. The summed E-state index contributed by atoms with van der Waals surface area (Å²) in [6.45, 7) is 0. The molecule has 1 aromatic carbocycles. The van der Waals surface area contributed by atoms with Crippen molar-refractivity contribution in [3.63, 3.8) is 0 Å². The number of rotatable bonds is 3. The van der Waals surface area contributed by atoms with Crippen molar-refractivity contribution in [2.24, 2.45) is 10.9 Å². The van der Waals surface area contributed by atoms with E-state index in [9.17, 15) is 9.18 Å². The van der Waals surface area contributed by atoms with Gasteiger partial charge in [-0.15, -0.1) is 0 Å². The van der Waals surface area contributed by atoms with Crippen LogP contribution in [0.3, 0.4) is 0 Å². The standard InChI is InChI=1S/C11H9BrFN5O2/c12-7-3-1-2-5(8(7)13)11(19)16-10-6(4-15-17-10)9(14)18-20/h1-4,20H,(H2,14,18)(H2,15,16,17,19). The Hall–Kier alpha value is -2.42. The molecule has 5 N–H and O–H groups in total. The first kappa shape index (κ1) is 14.0. The molecule has 0 fully saturated rings. The highest BCUT2D eigenvalue weighted by Gasteiger charge is 2.17. The third-order valence-electron chi connectivity index (χ3n) is 2.46. The quantitative estimate of drug-likeness (QED) is 0.294. The number of halogens is 2. The van der Waals surface area contributed by atoms with E-state index >= 15 is 0 Å². The Bertz CT molecular complexity index is 685. The third-order valence-corrected chi connectivity index (χ3v) is 3.07. The largest absolute Gasteiger partial charge is 0.409 e. The molecule has 0 saturated carbocycles. The van der Waals surface area contributed by atoms with E-state index in [1.807, 2.05) is 0 Å². The molecule has 0 unspecified atom stereocenters. The summed E-state index contributed by atoms with van der Waals surface area (Å²) in [4.78, 5) is 12.0. The highest BCUT2D eigenvalue weighted by atomic mass is 79.9. The smallest absolute Gasteiger partial charge is 0.259 e. The van der Waals surface area contributed by atoms with E-state index in [1.54, 1.807) is 0 Å². The number of nitrogens with zero attached hydrogens (tertiary/aromatic N) is 2. The molecular weight excluding hydrogens is 333 g/mol. The Morgan fingerprint density at radius 2 is 2.25 bits per heavy atom. The Morgan fingerprint density at radius 3 is 2.95 bits per heavy atom. The topological polar surface area (TPSA) is 116 Å². The number of benzene rings is 1. The second-order valence-corrected chi connectivity index (χ2v) is 4.55. The number of anilines is 1. The average molecular weight is 342 g/mol. The molecular formula is C11H9BrFN5O2. The highest BCUT2D eigenvalue weighted by molar-refractivity contribution is 9.10. The molecule has 0 aliphatic rings. The lowest BCUT2D eigenvalue weighted by atomic mass is 10.2. The van der Waals surface area contributed by atoms with Gasteiger partial charge in [-0.2, -0.15) is 5.10 Å². The summed E-state index contributed by atoms with van der Waals surface area (Å²) in [7, 11) is 0. The van der Waals surface area contributed by atoms with Crippen LogP contribution >= 0.6 is 15.9 Å². The van der Waals surface area contributed by atoms with Gasteiger partial charge in [0, 0.05) is 0 Å². The molecule has 0 saturated heterocycles. The molecule has 1 heterocycles. The van der Waals surface area contributed by atoms with Gasteiger partial charge in [-0.3, -0.25) is 9.89 Å². The molecule has 1 aromatic heterocycles. The molecule has 0 aliphatic heterocycles. The zero-order chi connectivity index (χ0) is 14.7. The monoisotopic (exact) mass is 341 g/mol. The zero-order valence-electron chi connectivity index (χ0n) is 9.89. The molecule has 7 nitrogen and oxygen atoms in total. The molecule has 0 bridgehead atoms. The van der Waals surface area contributed by atoms with Crippen molar-refractivity contribution in [3.8, 4) is 0 Å². The fraction of sp³-hybridized carbons (Fsp3) is 0. The molecule has 0 atom stereocenters. The minimum Gasteiger partial charge on any atom is -0.409 e. The average Bonchev–Trinajstić information content (AvgIpc) is 2.89. The van der Waals surface area contributed by atoms with Gasteiger partial charge in [0.1, 0.15) is 11.6 Å². The minimum absolute atomic E-state index is 0.102. The van der Waals surface area contributed by atoms with Crippen LogP contribution in [0.5, 0.6) is 0 Å². The molecule has 9 heteroatoms. The van der Waals surface area contributed by atoms with Gasteiger partial charge in [0.15, 0.2) is 5.84 Å². The third kappa shape index (κ3) is 2.62. The van der Waals surface area contributed by atoms with Crippen LogP contribution in [-0.2, 0) is 0 Å². The maximum Gasteiger partial charge on any atom is 0.259 e. The molecule has 0 radical (unpaired) electrons. The van der Waals surface area contributed by atoms with Crippen molar-refractivity contribution in [3.05, 3.63) is 45.8 Å². The normalized spacial score (nSPS) is 11.4. The number of hydrogen-bond acceptors (Lipinski definition) is 4. The number of amides is 1. The number of oxime groups is 1. The van der Waals surface area contributed by atoms with Gasteiger partial charge in [-0.1, -0.05) is 11.2 Å². The van der Waals surface area contributed by atoms with Crippen molar-refractivity contribution in [2.75, 3.05) is 5.32 Å². The summed E-state index contributed by atoms with van der Waals surface area (Å²) in [6, 6.07) is 4.33. The lowest BCUT2D eigenvalue weighted by Gasteiger charge is -2.06. The molecule has 0 spiro atoms. The molecule has 0 aliphatic carbocycles. The predicted molar refractivity (Wildman–Crippen MR) is 73.2 cm³/mol. The molecule has 1 amide bonds. The lowest BCUT2D eigenvalue weighted by molar-refractivity contribution is 0.102. The van der Waals surface area contributed by atoms with Crippen molar-refractivity contribution in [1.29, 1.82) is 0 Å². The van der Waals surface area contributed by atoms with Gasteiger partial charge in [-0.25, -0.2) is 4.39 Å². The number of hydrogen-bond donors (Lipinski definition) is 4. The van der Waals surface area contributed by atoms with Crippen LogP contribution in [0.15, 0.2) is 34.0 Å². The van der Waals surface area contributed by atoms with Gasteiger partial charge in [0.05, 0.1) is 21.8 Å². The van der Waals surface area contributed by atoms with Gasteiger partial charge < -0.3 is 16.3 Å². The number of nitrogens with one attached hydrogen (secondary N) is 2. The Balaban J connectivity index is 2.29. The van der Waals surface area contributed by atoms with Crippen molar-refractivity contribution >= 4 is 33.5 Å². The van der Waals surface area contributed by atoms with Gasteiger partial charge in [0.2, 0.25) is 0 Å². The first-order valence-electron chi connectivity index (χ1n) is 5.31. The van der Waals surface area contributed by atoms with Crippen molar-refractivity contribution in [2.45, 2.75) is 0 Å². The van der Waals surface area contributed by atoms with E-state index in [-0.39, 0.29) is 27.3 Å². The maximum absolute atomic E-state index is 13.8. The first-order chi connectivity index (χ1) is 9.54. The summed E-state index contributed by atoms with van der Waals surface area (Å²) in [5.74, 6) is -1.51. The maximum atomic E-state index is 13.8. The molecule has 20 heavy (non-hydrogen) atoms. The van der Waals surface area contributed by atoms with E-state index in [1.165, 1.54) is 24.4 Å². The van der Waals surface area contributed by atoms with E-state index < -0.39 is 11.7 Å². The van der Waals surface area contributed by atoms with E-state index in [2.05, 4.69) is 36.6 Å². The second kappa shape index (κ2) is 5.70. The van der Waals surface area contributed by atoms with E-state index in [4.69, 9.17) is 10.9 Å². The Kier molecular flexibility index (Phi) is 3.99. The van der Waals surface area contributed by atoms with E-state index in [0.29, 0.717) is 0 Å². The predicted octanol–water partition coefficient (Wildman–Crippen LogP) is 1.66. The van der Waals surface area contributed by atoms with Gasteiger partial charge in [-0.05, 0) is 28.1 Å². The highest BCUT2D eigenvalue weighted by Crippen LogP contribution is 2.20. The number of nitrogens with two attached hydrogens (primary N) is 1. The minimum atomic E-state index is -0.694. The lowest BCUT2D eigenvalue weighted by Crippen LogP contribution is -2.19. The van der Waals surface area contributed by atoms with Gasteiger partial charge in [0.25, 0.3) is 5.91 Å². The number of aromatic nitrogens is 2. The van der Waals surface area contributed by atoms with Crippen LogP contribution in [-0.4, -0.2) is 27.1 Å². The van der Waals surface area contributed by atoms with E-state index in [0.717, 1.165) is 0 Å². The van der Waals surface area contributed by atoms with Crippen molar-refractivity contribution in [1.82, 2.24) is 10.2 Å². The number of H-pyrrole nitrogens is 1. The SMILES string of the molecule is N/C(=N/O)c1cn[nH]c1NC(=O)c1cccc(Br)c1F. The second-order valence-electron chi connectivity index (χ2n) is 3.70. The molecule has 2 rings (SSSR count). The summed E-state index contributed by atoms with van der Waals surface area (Å²) >= 11 is 2.99. The number of carbonyl (C=O) groups is 1. The van der Waals surface area contributed by atoms with Crippen LogP contribution in [0.4, 0.5) is 10.2 Å². The molecule has 104 valence electrons. The van der Waals surface area contributed by atoms with Crippen LogP contribution < -0.4 is 11.1 Å². The number of amidine groups is 1. The fourth-order valence-corrected chi connectivity index (χ4v) is 1.86. The molecule has 2 aromatic rings. The van der Waals surface area contributed by atoms with Crippen LogP contribution in [0.25, 0.3) is 0 Å².